The first kappa shape index (κ1) is 23.2. The molecule has 0 fully saturated rings. The first-order valence-corrected chi connectivity index (χ1v) is 11.0. The minimum atomic E-state index is -0.120. The van der Waals surface area contributed by atoms with Gasteiger partial charge in [0.1, 0.15) is 5.78 Å². The van der Waals surface area contributed by atoms with E-state index >= 15 is 0 Å². The summed E-state index contributed by atoms with van der Waals surface area (Å²) in [4.78, 5) is 28.2. The Morgan fingerprint density at radius 3 is 2.45 bits per heavy atom. The molecule has 0 saturated carbocycles. The number of Topliss-reactive ketones (excluding diaryl/α,β-unsaturated/α-hetero) is 1. The van der Waals surface area contributed by atoms with Gasteiger partial charge in [-0.1, -0.05) is 23.2 Å². The minimum Gasteiger partial charge on any atom is -0.329 e. The summed E-state index contributed by atoms with van der Waals surface area (Å²) in [6, 6.07) is 12.9. The fourth-order valence-corrected chi connectivity index (χ4v) is 4.09. The van der Waals surface area contributed by atoms with Crippen LogP contribution in [0.25, 0.3) is 10.9 Å². The third kappa shape index (κ3) is 5.42. The third-order valence-corrected chi connectivity index (χ3v) is 5.92. The maximum Gasteiger partial charge on any atom is 0.262 e. The molecule has 0 aliphatic heterocycles. The van der Waals surface area contributed by atoms with Crippen molar-refractivity contribution < 1.29 is 9.59 Å². The predicted octanol–water partition coefficient (Wildman–Crippen LogP) is 4.38. The van der Waals surface area contributed by atoms with Crippen LogP contribution < -0.4 is 5.73 Å². The lowest BCUT2D eigenvalue weighted by Crippen LogP contribution is -2.26. The summed E-state index contributed by atoms with van der Waals surface area (Å²) in [5.74, 6) is 0.0638. The fourth-order valence-electron chi connectivity index (χ4n) is 3.97. The molecule has 0 bridgehead atoms. The molecule has 0 amide bonds. The molecule has 0 radical (unpaired) electrons. The first-order valence-electron chi connectivity index (χ1n) is 10.6. The van der Waals surface area contributed by atoms with Crippen LogP contribution in [0.4, 0.5) is 0 Å². The van der Waals surface area contributed by atoms with Crippen molar-refractivity contribution in [3.8, 4) is 0 Å². The summed E-state index contributed by atoms with van der Waals surface area (Å²) in [6.07, 6.45) is 1.64. The van der Waals surface area contributed by atoms with Crippen LogP contribution in [-0.4, -0.2) is 47.8 Å². The number of halogens is 1. The van der Waals surface area contributed by atoms with Crippen molar-refractivity contribution in [1.29, 1.82) is 0 Å². The SMILES string of the molecule is Cc1ccc2c(c1)c(CC(=O)CCCN(C)CCN)c(C)n2C(=O)c1ccc(Cl)cc1. The van der Waals surface area contributed by atoms with Gasteiger partial charge in [-0.05, 0) is 75.8 Å². The molecule has 0 saturated heterocycles. The van der Waals surface area contributed by atoms with E-state index in [0.29, 0.717) is 30.0 Å². The zero-order valence-corrected chi connectivity index (χ0v) is 19.2. The van der Waals surface area contributed by atoms with Crippen LogP contribution in [0.2, 0.25) is 5.02 Å². The molecular weight excluding hydrogens is 410 g/mol. The van der Waals surface area contributed by atoms with Crippen molar-refractivity contribution in [3.63, 3.8) is 0 Å². The van der Waals surface area contributed by atoms with E-state index in [0.717, 1.165) is 47.2 Å². The number of aryl methyl sites for hydroxylation is 1. The van der Waals surface area contributed by atoms with Crippen LogP contribution in [0.5, 0.6) is 0 Å². The number of aromatic nitrogens is 1. The van der Waals surface area contributed by atoms with Crippen molar-refractivity contribution in [2.24, 2.45) is 5.73 Å². The molecule has 5 nitrogen and oxygen atoms in total. The van der Waals surface area contributed by atoms with Crippen LogP contribution in [0.1, 0.15) is 40.0 Å². The summed E-state index contributed by atoms with van der Waals surface area (Å²) in [5.41, 5.74) is 9.81. The van der Waals surface area contributed by atoms with Crippen molar-refractivity contribution >= 4 is 34.2 Å². The largest absolute Gasteiger partial charge is 0.329 e. The Morgan fingerprint density at radius 1 is 1.06 bits per heavy atom. The summed E-state index contributed by atoms with van der Waals surface area (Å²) >= 11 is 5.98. The third-order valence-electron chi connectivity index (χ3n) is 5.66. The average Bonchev–Trinajstić information content (AvgIpc) is 2.99. The molecule has 1 heterocycles. The quantitative estimate of drug-likeness (QED) is 0.537. The second-order valence-electron chi connectivity index (χ2n) is 8.14. The maximum absolute atomic E-state index is 13.3. The molecule has 2 N–H and O–H groups in total. The Balaban J connectivity index is 1.89. The normalized spacial score (nSPS) is 11.4. The van der Waals surface area contributed by atoms with Crippen molar-refractivity contribution in [3.05, 3.63) is 69.9 Å². The van der Waals surface area contributed by atoms with Crippen molar-refractivity contribution in [2.75, 3.05) is 26.7 Å². The van der Waals surface area contributed by atoms with Crippen LogP contribution in [0.15, 0.2) is 42.5 Å². The lowest BCUT2D eigenvalue weighted by atomic mass is 10.0. The number of carbonyl (C=O) groups excluding carboxylic acids is 2. The van der Waals surface area contributed by atoms with E-state index in [4.69, 9.17) is 17.3 Å². The number of carbonyl (C=O) groups is 2. The highest BCUT2D eigenvalue weighted by molar-refractivity contribution is 6.30. The van der Waals surface area contributed by atoms with Crippen LogP contribution in [0.3, 0.4) is 0 Å². The number of ketones is 1. The summed E-state index contributed by atoms with van der Waals surface area (Å²) in [5, 5.41) is 1.55. The molecule has 31 heavy (non-hydrogen) atoms. The fraction of sp³-hybridized carbons (Fsp3) is 0.360. The van der Waals surface area contributed by atoms with Gasteiger partial charge in [-0.15, -0.1) is 0 Å². The summed E-state index contributed by atoms with van der Waals surface area (Å²) < 4.78 is 1.72. The van der Waals surface area contributed by atoms with E-state index in [-0.39, 0.29) is 11.7 Å². The van der Waals surface area contributed by atoms with E-state index in [1.54, 1.807) is 28.8 Å². The van der Waals surface area contributed by atoms with E-state index in [1.165, 1.54) is 0 Å². The minimum absolute atomic E-state index is 0.120. The van der Waals surface area contributed by atoms with Crippen LogP contribution >= 0.6 is 11.6 Å². The predicted molar refractivity (Wildman–Crippen MR) is 127 cm³/mol. The summed E-state index contributed by atoms with van der Waals surface area (Å²) in [7, 11) is 2.01. The lowest BCUT2D eigenvalue weighted by Gasteiger charge is -2.14. The molecule has 1 aromatic heterocycles. The molecule has 0 spiro atoms. The van der Waals surface area contributed by atoms with Gasteiger partial charge in [0.2, 0.25) is 0 Å². The highest BCUT2D eigenvalue weighted by Crippen LogP contribution is 2.29. The first-order chi connectivity index (χ1) is 14.8. The smallest absolute Gasteiger partial charge is 0.262 e. The van der Waals surface area contributed by atoms with Gasteiger partial charge >= 0.3 is 0 Å². The van der Waals surface area contributed by atoms with Gasteiger partial charge in [0, 0.05) is 47.6 Å². The van der Waals surface area contributed by atoms with Gasteiger partial charge in [-0.3, -0.25) is 14.2 Å². The number of nitrogens with two attached hydrogens (primary N) is 1. The highest BCUT2D eigenvalue weighted by Gasteiger charge is 2.21. The standard InChI is InChI=1S/C25H30ClN3O2/c1-17-6-11-24-23(15-17)22(16-21(30)5-4-13-28(3)14-12-27)18(2)29(24)25(31)19-7-9-20(26)10-8-19/h6-11,15H,4-5,12-14,16,27H2,1-3H3. The molecule has 164 valence electrons. The lowest BCUT2D eigenvalue weighted by molar-refractivity contribution is -0.118. The zero-order chi connectivity index (χ0) is 22.5. The second kappa shape index (κ2) is 10.2. The van der Waals surface area contributed by atoms with Gasteiger partial charge in [0.25, 0.3) is 5.91 Å². The summed E-state index contributed by atoms with van der Waals surface area (Å²) in [6.45, 7) is 6.22. The molecule has 3 aromatic rings. The van der Waals surface area contributed by atoms with E-state index < -0.39 is 0 Å². The average molecular weight is 440 g/mol. The zero-order valence-electron chi connectivity index (χ0n) is 18.5. The van der Waals surface area contributed by atoms with Crippen LogP contribution in [0, 0.1) is 13.8 Å². The Kier molecular flexibility index (Phi) is 7.65. The Bertz CT molecular complexity index is 1090. The van der Waals surface area contributed by atoms with Crippen molar-refractivity contribution in [1.82, 2.24) is 9.47 Å². The molecule has 0 aliphatic carbocycles. The highest BCUT2D eigenvalue weighted by atomic mass is 35.5. The monoisotopic (exact) mass is 439 g/mol. The molecule has 6 heteroatoms. The number of rotatable bonds is 9. The Hall–Kier alpha value is -2.47. The number of hydrogen-bond acceptors (Lipinski definition) is 4. The molecule has 3 rings (SSSR count). The van der Waals surface area contributed by atoms with Crippen molar-refractivity contribution in [2.45, 2.75) is 33.1 Å². The number of fused-ring (bicyclic) bond motifs is 1. The number of hydrogen-bond donors (Lipinski definition) is 1. The molecule has 0 unspecified atom stereocenters. The number of likely N-dealkylation sites (N-methyl/N-ethyl adjacent to an activating group) is 1. The maximum atomic E-state index is 13.3. The van der Waals surface area contributed by atoms with Gasteiger partial charge < -0.3 is 10.6 Å². The molecule has 0 atom stereocenters. The topological polar surface area (TPSA) is 68.3 Å². The van der Waals surface area contributed by atoms with E-state index in [1.807, 2.05) is 33.0 Å². The number of benzene rings is 2. The Morgan fingerprint density at radius 2 is 1.77 bits per heavy atom. The van der Waals surface area contributed by atoms with E-state index in [2.05, 4.69) is 11.0 Å². The van der Waals surface area contributed by atoms with Gasteiger partial charge in [0.05, 0.1) is 5.52 Å². The van der Waals surface area contributed by atoms with Gasteiger partial charge in [-0.2, -0.15) is 0 Å². The number of nitrogens with zero attached hydrogens (tertiary/aromatic N) is 2. The molecule has 0 aliphatic rings. The molecular formula is C25H30ClN3O2. The Labute approximate surface area is 188 Å². The van der Waals surface area contributed by atoms with Crippen LogP contribution in [-0.2, 0) is 11.2 Å². The van der Waals surface area contributed by atoms with E-state index in [9.17, 15) is 9.59 Å². The molecule has 2 aromatic carbocycles. The second-order valence-corrected chi connectivity index (χ2v) is 8.58. The van der Waals surface area contributed by atoms with Gasteiger partial charge in [0.15, 0.2) is 0 Å². The van der Waals surface area contributed by atoms with Gasteiger partial charge in [-0.25, -0.2) is 0 Å².